The third-order valence-electron chi connectivity index (χ3n) is 5.89. The van der Waals surface area contributed by atoms with Gasteiger partial charge in [-0.05, 0) is 6.42 Å². The molecular formula is C28H48O13. The van der Waals surface area contributed by atoms with Gasteiger partial charge >= 0.3 is 29.8 Å². The van der Waals surface area contributed by atoms with Crippen LogP contribution in [0, 0.1) is 10.8 Å². The second-order valence-electron chi connectivity index (χ2n) is 9.74. The van der Waals surface area contributed by atoms with Gasteiger partial charge in [-0.3, -0.25) is 24.0 Å². The minimum absolute atomic E-state index is 0.0895. The number of carbonyl (C=O) groups is 5. The molecule has 13 nitrogen and oxygen atoms in total. The molecule has 1 atom stereocenters. The molecule has 0 aliphatic rings. The summed E-state index contributed by atoms with van der Waals surface area (Å²) >= 11 is 0. The maximum absolute atomic E-state index is 12.0. The minimum atomic E-state index is -1.28. The number of esters is 5. The molecule has 1 N–H and O–H groups in total. The molecule has 41 heavy (non-hydrogen) atoms. The SMILES string of the molecule is CCC(=O)OCC(COCC(COC(=O)CC)(COC(=O)CC)COC(O)CC)(COC(=O)CC)COC(=O)CC. The lowest BCUT2D eigenvalue weighted by Crippen LogP contribution is -2.47. The van der Waals surface area contributed by atoms with Gasteiger partial charge in [-0.25, -0.2) is 0 Å². The summed E-state index contributed by atoms with van der Waals surface area (Å²) in [4.78, 5) is 60.0. The summed E-state index contributed by atoms with van der Waals surface area (Å²) in [5.41, 5.74) is -2.52. The van der Waals surface area contributed by atoms with Crippen molar-refractivity contribution < 1.29 is 62.2 Å². The van der Waals surface area contributed by atoms with Gasteiger partial charge in [0.05, 0.1) is 30.7 Å². The van der Waals surface area contributed by atoms with Crippen molar-refractivity contribution in [3.8, 4) is 0 Å². The van der Waals surface area contributed by atoms with Gasteiger partial charge in [0.2, 0.25) is 0 Å². The van der Waals surface area contributed by atoms with Crippen molar-refractivity contribution in [2.24, 2.45) is 10.8 Å². The van der Waals surface area contributed by atoms with Crippen LogP contribution < -0.4 is 0 Å². The van der Waals surface area contributed by atoms with Crippen LogP contribution in [-0.4, -0.2) is 94.1 Å². The van der Waals surface area contributed by atoms with Crippen molar-refractivity contribution in [3.05, 3.63) is 0 Å². The Labute approximate surface area is 242 Å². The molecule has 0 fully saturated rings. The summed E-state index contributed by atoms with van der Waals surface area (Å²) in [6, 6.07) is 0. The van der Waals surface area contributed by atoms with E-state index in [1.165, 1.54) is 0 Å². The monoisotopic (exact) mass is 592 g/mol. The second-order valence-corrected chi connectivity index (χ2v) is 9.74. The number of carbonyl (C=O) groups excluding carboxylic acids is 5. The molecular weight excluding hydrogens is 544 g/mol. The Kier molecular flexibility index (Phi) is 19.6. The number of rotatable bonds is 23. The lowest BCUT2D eigenvalue weighted by molar-refractivity contribution is -0.184. The molecule has 0 aromatic heterocycles. The standard InChI is InChI=1S/C28H48O13/c1-7-21(29)36-15-27(16-37-22(30)8-2,17-38-23(31)9-3)13-35-14-28(18-39-24(32)10-4,19-40-25(33)11-5)20-41-26(34)12-6/h21,29H,7-20H2,1-6H3. The van der Waals surface area contributed by atoms with E-state index in [-0.39, 0.29) is 91.4 Å². The van der Waals surface area contributed by atoms with E-state index in [2.05, 4.69) is 0 Å². The molecule has 0 amide bonds. The van der Waals surface area contributed by atoms with E-state index in [4.69, 9.17) is 33.2 Å². The van der Waals surface area contributed by atoms with Crippen molar-refractivity contribution in [2.45, 2.75) is 86.4 Å². The summed E-state index contributed by atoms with van der Waals surface area (Å²) in [6.45, 7) is 7.73. The van der Waals surface area contributed by atoms with E-state index >= 15 is 0 Å². The largest absolute Gasteiger partial charge is 0.465 e. The van der Waals surface area contributed by atoms with E-state index in [1.54, 1.807) is 41.5 Å². The van der Waals surface area contributed by atoms with Crippen LogP contribution in [0.3, 0.4) is 0 Å². The zero-order chi connectivity index (χ0) is 31.3. The average Bonchev–Trinajstić information content (AvgIpc) is 3.00. The maximum atomic E-state index is 12.0. The first-order valence-corrected chi connectivity index (χ1v) is 14.1. The van der Waals surface area contributed by atoms with Gasteiger partial charge in [0.25, 0.3) is 0 Å². The Morgan fingerprint density at radius 1 is 0.488 bits per heavy atom. The highest BCUT2D eigenvalue weighted by molar-refractivity contribution is 5.70. The summed E-state index contributed by atoms with van der Waals surface area (Å²) < 4.78 is 38.4. The molecule has 1 unspecified atom stereocenters. The topological polar surface area (TPSA) is 170 Å². The van der Waals surface area contributed by atoms with Crippen LogP contribution in [0.25, 0.3) is 0 Å². The van der Waals surface area contributed by atoms with Gasteiger partial charge in [0, 0.05) is 32.1 Å². The van der Waals surface area contributed by atoms with Gasteiger partial charge in [0.15, 0.2) is 6.29 Å². The first-order valence-electron chi connectivity index (χ1n) is 14.1. The molecule has 238 valence electrons. The first-order chi connectivity index (χ1) is 19.4. The van der Waals surface area contributed by atoms with Crippen molar-refractivity contribution in [3.63, 3.8) is 0 Å². The zero-order valence-corrected chi connectivity index (χ0v) is 25.3. The third kappa shape index (κ3) is 16.3. The van der Waals surface area contributed by atoms with Gasteiger partial charge in [-0.2, -0.15) is 0 Å². The number of aliphatic hydroxyl groups excluding tert-OH is 1. The predicted molar refractivity (Wildman–Crippen MR) is 144 cm³/mol. The molecule has 0 bridgehead atoms. The number of aliphatic hydroxyl groups is 1. The van der Waals surface area contributed by atoms with Crippen LogP contribution in [-0.2, 0) is 57.1 Å². The fourth-order valence-electron chi connectivity index (χ4n) is 3.05. The smallest absolute Gasteiger partial charge is 0.305 e. The van der Waals surface area contributed by atoms with Crippen molar-refractivity contribution in [1.29, 1.82) is 0 Å². The Hall–Kier alpha value is -2.77. The van der Waals surface area contributed by atoms with E-state index in [0.717, 1.165) is 0 Å². The molecule has 0 aromatic carbocycles. The number of hydrogen-bond acceptors (Lipinski definition) is 13. The van der Waals surface area contributed by atoms with E-state index in [0.29, 0.717) is 0 Å². The lowest BCUT2D eigenvalue weighted by Gasteiger charge is -2.36. The molecule has 0 radical (unpaired) electrons. The van der Waals surface area contributed by atoms with E-state index < -0.39 is 47.0 Å². The quantitative estimate of drug-likeness (QED) is 0.104. The molecule has 13 heteroatoms. The Morgan fingerprint density at radius 3 is 1.00 bits per heavy atom. The average molecular weight is 593 g/mol. The summed E-state index contributed by atoms with van der Waals surface area (Å²) in [5, 5.41) is 10.0. The second kappa shape index (κ2) is 21.0. The molecule has 0 spiro atoms. The number of ether oxygens (including phenoxy) is 7. The molecule has 0 aliphatic carbocycles. The van der Waals surface area contributed by atoms with Crippen molar-refractivity contribution >= 4 is 29.8 Å². The Morgan fingerprint density at radius 2 is 0.756 bits per heavy atom. The summed E-state index contributed by atoms with van der Waals surface area (Å²) in [5.74, 6) is -2.58. The third-order valence-corrected chi connectivity index (χ3v) is 5.89. The summed E-state index contributed by atoms with van der Waals surface area (Å²) in [7, 11) is 0. The highest BCUT2D eigenvalue weighted by atomic mass is 16.6. The highest BCUT2D eigenvalue weighted by Crippen LogP contribution is 2.26. The van der Waals surface area contributed by atoms with Gasteiger partial charge in [0.1, 0.15) is 33.0 Å². The molecule has 0 saturated carbocycles. The van der Waals surface area contributed by atoms with E-state index in [1.807, 2.05) is 0 Å². The van der Waals surface area contributed by atoms with Crippen molar-refractivity contribution in [2.75, 3.05) is 52.9 Å². The molecule has 0 aliphatic heterocycles. The normalized spacial score (nSPS) is 12.3. The number of hydrogen-bond donors (Lipinski definition) is 1. The molecule has 0 aromatic rings. The maximum Gasteiger partial charge on any atom is 0.305 e. The van der Waals surface area contributed by atoms with Crippen LogP contribution >= 0.6 is 0 Å². The van der Waals surface area contributed by atoms with Crippen LogP contribution in [0.4, 0.5) is 0 Å². The fourth-order valence-corrected chi connectivity index (χ4v) is 3.05. The summed E-state index contributed by atoms with van der Waals surface area (Å²) in [6.07, 6.45) is -0.390. The van der Waals surface area contributed by atoms with Crippen molar-refractivity contribution in [1.82, 2.24) is 0 Å². The minimum Gasteiger partial charge on any atom is -0.465 e. The molecule has 0 saturated heterocycles. The van der Waals surface area contributed by atoms with E-state index in [9.17, 15) is 29.1 Å². The van der Waals surface area contributed by atoms with Gasteiger partial charge < -0.3 is 38.3 Å². The molecule has 0 rings (SSSR count). The fraction of sp³-hybridized carbons (Fsp3) is 0.821. The highest BCUT2D eigenvalue weighted by Gasteiger charge is 2.40. The van der Waals surface area contributed by atoms with Crippen LogP contribution in [0.2, 0.25) is 0 Å². The van der Waals surface area contributed by atoms with Crippen LogP contribution in [0.1, 0.15) is 80.1 Å². The van der Waals surface area contributed by atoms with Gasteiger partial charge in [-0.1, -0.05) is 41.5 Å². The Bertz CT molecular complexity index is 741. The predicted octanol–water partition coefficient (Wildman–Crippen LogP) is 2.49. The zero-order valence-electron chi connectivity index (χ0n) is 25.3. The molecule has 0 heterocycles. The lowest BCUT2D eigenvalue weighted by atomic mass is 9.90. The van der Waals surface area contributed by atoms with Crippen LogP contribution in [0.5, 0.6) is 0 Å². The van der Waals surface area contributed by atoms with Gasteiger partial charge in [-0.15, -0.1) is 0 Å². The Balaban J connectivity index is 6.19. The first kappa shape index (κ1) is 38.2. The van der Waals surface area contributed by atoms with Crippen LogP contribution in [0.15, 0.2) is 0 Å².